The lowest BCUT2D eigenvalue weighted by Gasteiger charge is -1.97. The second-order valence-corrected chi connectivity index (χ2v) is 2.73. The average molecular weight is 176 g/mol. The van der Waals surface area contributed by atoms with Gasteiger partial charge in [-0.15, -0.1) is 11.6 Å². The van der Waals surface area contributed by atoms with Crippen LogP contribution in [0, 0.1) is 0 Å². The molecule has 0 fully saturated rings. The second-order valence-electron chi connectivity index (χ2n) is 2.03. The summed E-state index contributed by atoms with van der Waals surface area (Å²) < 4.78 is 0. The zero-order valence-electron chi connectivity index (χ0n) is 5.27. The summed E-state index contributed by atoms with van der Waals surface area (Å²) in [7, 11) is 0. The van der Waals surface area contributed by atoms with Gasteiger partial charge in [-0.2, -0.15) is 0 Å². The number of benzene rings is 1. The van der Waals surface area contributed by atoms with Crippen LogP contribution < -0.4 is 5.73 Å². The molecule has 0 saturated carbocycles. The van der Waals surface area contributed by atoms with Crippen LogP contribution in [0.2, 0.25) is 5.02 Å². The van der Waals surface area contributed by atoms with Gasteiger partial charge in [0.05, 0.1) is 0 Å². The molecule has 3 heteroatoms. The first-order valence-corrected chi connectivity index (χ1v) is 3.74. The Balaban J connectivity index is 3.06. The van der Waals surface area contributed by atoms with Crippen molar-refractivity contribution in [1.82, 2.24) is 0 Å². The molecule has 0 spiro atoms. The van der Waals surface area contributed by atoms with Gasteiger partial charge in [-0.25, -0.2) is 0 Å². The number of anilines is 1. The summed E-state index contributed by atoms with van der Waals surface area (Å²) in [6, 6.07) is 5.29. The van der Waals surface area contributed by atoms with Crippen molar-refractivity contribution in [2.45, 2.75) is 5.88 Å². The minimum atomic E-state index is 0.449. The smallest absolute Gasteiger partial charge is 0.0475 e. The molecule has 54 valence electrons. The van der Waals surface area contributed by atoms with E-state index in [1.54, 1.807) is 18.2 Å². The molecule has 0 aliphatic carbocycles. The highest BCUT2D eigenvalue weighted by molar-refractivity contribution is 6.31. The molecular weight excluding hydrogens is 169 g/mol. The number of rotatable bonds is 1. The summed E-state index contributed by atoms with van der Waals surface area (Å²) in [6.45, 7) is 0. The van der Waals surface area contributed by atoms with Gasteiger partial charge >= 0.3 is 0 Å². The van der Waals surface area contributed by atoms with Gasteiger partial charge < -0.3 is 5.73 Å². The van der Waals surface area contributed by atoms with Gasteiger partial charge in [-0.3, -0.25) is 0 Å². The maximum absolute atomic E-state index is 5.69. The number of nitrogen functional groups attached to an aromatic ring is 1. The van der Waals surface area contributed by atoms with Crippen molar-refractivity contribution >= 4 is 28.9 Å². The first kappa shape index (κ1) is 7.70. The number of nitrogens with two attached hydrogens (primary N) is 1. The molecule has 10 heavy (non-hydrogen) atoms. The maximum atomic E-state index is 5.69. The Hall–Kier alpha value is -0.400. The van der Waals surface area contributed by atoms with Crippen molar-refractivity contribution in [2.75, 3.05) is 5.73 Å². The number of hydrogen-bond acceptors (Lipinski definition) is 1. The van der Waals surface area contributed by atoms with Gasteiger partial charge in [0, 0.05) is 16.6 Å². The van der Waals surface area contributed by atoms with Crippen LogP contribution >= 0.6 is 23.2 Å². The summed E-state index contributed by atoms with van der Waals surface area (Å²) in [5.74, 6) is 0.449. The van der Waals surface area contributed by atoms with Crippen molar-refractivity contribution < 1.29 is 0 Å². The van der Waals surface area contributed by atoms with Crippen LogP contribution in [-0.2, 0) is 5.88 Å². The lowest BCUT2D eigenvalue weighted by atomic mass is 10.2. The minimum Gasteiger partial charge on any atom is -0.399 e. The zero-order valence-corrected chi connectivity index (χ0v) is 6.78. The Morgan fingerprint density at radius 3 is 2.50 bits per heavy atom. The summed E-state index contributed by atoms with van der Waals surface area (Å²) in [4.78, 5) is 0. The molecule has 0 aliphatic rings. The van der Waals surface area contributed by atoms with Crippen LogP contribution in [-0.4, -0.2) is 0 Å². The molecular formula is C7H7Cl2N. The fraction of sp³-hybridized carbons (Fsp3) is 0.143. The number of hydrogen-bond donors (Lipinski definition) is 1. The molecule has 0 saturated heterocycles. The van der Waals surface area contributed by atoms with E-state index in [4.69, 9.17) is 28.9 Å². The van der Waals surface area contributed by atoms with Crippen LogP contribution in [0.15, 0.2) is 18.2 Å². The molecule has 0 amide bonds. The van der Waals surface area contributed by atoms with Crippen LogP contribution in [0.4, 0.5) is 5.69 Å². The van der Waals surface area contributed by atoms with Gasteiger partial charge in [-0.05, 0) is 23.8 Å². The van der Waals surface area contributed by atoms with E-state index < -0.39 is 0 Å². The molecule has 0 atom stereocenters. The predicted molar refractivity (Wildman–Crippen MR) is 45.4 cm³/mol. The molecule has 0 radical (unpaired) electrons. The Morgan fingerprint density at radius 1 is 1.30 bits per heavy atom. The van der Waals surface area contributed by atoms with E-state index in [-0.39, 0.29) is 0 Å². The largest absolute Gasteiger partial charge is 0.399 e. The molecule has 1 rings (SSSR count). The monoisotopic (exact) mass is 175 g/mol. The molecule has 1 aromatic rings. The molecule has 0 heterocycles. The third-order valence-electron chi connectivity index (χ3n) is 1.13. The van der Waals surface area contributed by atoms with Crippen molar-refractivity contribution in [3.63, 3.8) is 0 Å². The van der Waals surface area contributed by atoms with E-state index >= 15 is 0 Å². The van der Waals surface area contributed by atoms with Crippen LogP contribution in [0.3, 0.4) is 0 Å². The van der Waals surface area contributed by atoms with Gasteiger partial charge in [0.1, 0.15) is 0 Å². The van der Waals surface area contributed by atoms with Crippen LogP contribution in [0.25, 0.3) is 0 Å². The highest BCUT2D eigenvalue weighted by Crippen LogP contribution is 2.17. The fourth-order valence-electron chi connectivity index (χ4n) is 0.753. The third kappa shape index (κ3) is 1.79. The van der Waals surface area contributed by atoms with Gasteiger partial charge in [-0.1, -0.05) is 11.6 Å². The highest BCUT2D eigenvalue weighted by Gasteiger charge is 1.94. The van der Waals surface area contributed by atoms with E-state index in [1.807, 2.05) is 0 Å². The zero-order chi connectivity index (χ0) is 7.56. The molecule has 0 aromatic heterocycles. The first-order valence-electron chi connectivity index (χ1n) is 2.83. The Labute approximate surface area is 69.7 Å². The third-order valence-corrected chi connectivity index (χ3v) is 1.66. The SMILES string of the molecule is Nc1cc(Cl)cc(CCl)c1. The average Bonchev–Trinajstić information content (AvgIpc) is 1.85. The van der Waals surface area contributed by atoms with Crippen molar-refractivity contribution in [2.24, 2.45) is 0 Å². The van der Waals surface area contributed by atoms with Gasteiger partial charge in [0.2, 0.25) is 0 Å². The van der Waals surface area contributed by atoms with Crippen LogP contribution in [0.5, 0.6) is 0 Å². The van der Waals surface area contributed by atoms with E-state index in [0.717, 1.165) is 5.56 Å². The van der Waals surface area contributed by atoms with Crippen molar-refractivity contribution in [3.05, 3.63) is 28.8 Å². The lowest BCUT2D eigenvalue weighted by Crippen LogP contribution is -1.86. The fourth-order valence-corrected chi connectivity index (χ4v) is 1.17. The van der Waals surface area contributed by atoms with Gasteiger partial charge in [0.15, 0.2) is 0 Å². The Morgan fingerprint density at radius 2 is 2.00 bits per heavy atom. The maximum Gasteiger partial charge on any atom is 0.0475 e. The van der Waals surface area contributed by atoms with E-state index in [0.29, 0.717) is 16.6 Å². The summed E-state index contributed by atoms with van der Waals surface area (Å²) >= 11 is 11.2. The Kier molecular flexibility index (Phi) is 2.41. The normalized spacial score (nSPS) is 9.80. The number of alkyl halides is 1. The predicted octanol–water partition coefficient (Wildman–Crippen LogP) is 2.66. The van der Waals surface area contributed by atoms with E-state index in [9.17, 15) is 0 Å². The van der Waals surface area contributed by atoms with Crippen molar-refractivity contribution in [3.8, 4) is 0 Å². The molecule has 1 nitrogen and oxygen atoms in total. The molecule has 0 aliphatic heterocycles. The highest BCUT2D eigenvalue weighted by atomic mass is 35.5. The van der Waals surface area contributed by atoms with E-state index in [2.05, 4.69) is 0 Å². The second kappa shape index (κ2) is 3.13. The summed E-state index contributed by atoms with van der Waals surface area (Å²) in [5.41, 5.74) is 7.10. The van der Waals surface area contributed by atoms with Crippen molar-refractivity contribution in [1.29, 1.82) is 0 Å². The quantitative estimate of drug-likeness (QED) is 0.516. The molecule has 1 aromatic carbocycles. The van der Waals surface area contributed by atoms with E-state index in [1.165, 1.54) is 0 Å². The first-order chi connectivity index (χ1) is 4.72. The lowest BCUT2D eigenvalue weighted by molar-refractivity contribution is 1.41. The topological polar surface area (TPSA) is 26.0 Å². The summed E-state index contributed by atoms with van der Waals surface area (Å²) in [5, 5.41) is 0.635. The van der Waals surface area contributed by atoms with Gasteiger partial charge in [0.25, 0.3) is 0 Å². The molecule has 2 N–H and O–H groups in total. The van der Waals surface area contributed by atoms with Crippen LogP contribution in [0.1, 0.15) is 5.56 Å². The minimum absolute atomic E-state index is 0.449. The summed E-state index contributed by atoms with van der Waals surface area (Å²) in [6.07, 6.45) is 0. The Bertz CT molecular complexity index is 215. The molecule has 0 bridgehead atoms. The standard InChI is InChI=1S/C7H7Cl2N/c8-4-5-1-6(9)3-7(10)2-5/h1-3H,4,10H2. The molecule has 0 unspecified atom stereocenters. The number of halogens is 2.